The number of fused-ring (bicyclic) bond motifs is 1. The second-order valence-corrected chi connectivity index (χ2v) is 5.45. The van der Waals surface area contributed by atoms with Gasteiger partial charge in [-0.2, -0.15) is 11.3 Å². The predicted octanol–water partition coefficient (Wildman–Crippen LogP) is 3.82. The highest BCUT2D eigenvalue weighted by molar-refractivity contribution is 9.10. The average molecular weight is 309 g/mol. The van der Waals surface area contributed by atoms with Gasteiger partial charge in [0.15, 0.2) is 11.5 Å². The van der Waals surface area contributed by atoms with Crippen molar-refractivity contribution in [2.45, 2.75) is 6.42 Å². The zero-order valence-corrected chi connectivity index (χ0v) is 11.2. The Balaban J connectivity index is 2.05. The quantitative estimate of drug-likeness (QED) is 0.732. The fourth-order valence-electron chi connectivity index (χ4n) is 1.71. The number of oxazole rings is 1. The van der Waals surface area contributed by atoms with Crippen molar-refractivity contribution in [3.8, 4) is 0 Å². The van der Waals surface area contributed by atoms with E-state index in [9.17, 15) is 0 Å². The van der Waals surface area contributed by atoms with E-state index in [1.165, 1.54) is 5.56 Å². The number of hydrogen-bond donors (Lipinski definition) is 1. The number of nitrogens with zero attached hydrogens (tertiary/aromatic N) is 1. The first-order valence-electron chi connectivity index (χ1n) is 5.08. The van der Waals surface area contributed by atoms with Crippen LogP contribution in [0.3, 0.4) is 0 Å². The van der Waals surface area contributed by atoms with E-state index in [1.807, 2.05) is 17.5 Å². The van der Waals surface area contributed by atoms with Crippen molar-refractivity contribution in [2.75, 3.05) is 5.73 Å². The topological polar surface area (TPSA) is 52.0 Å². The number of nitrogen functional groups attached to an aromatic ring is 1. The van der Waals surface area contributed by atoms with E-state index in [0.29, 0.717) is 23.6 Å². The van der Waals surface area contributed by atoms with Crippen LogP contribution < -0.4 is 5.73 Å². The van der Waals surface area contributed by atoms with Crippen molar-refractivity contribution in [2.24, 2.45) is 0 Å². The number of benzene rings is 1. The maximum Gasteiger partial charge on any atom is 0.200 e. The van der Waals surface area contributed by atoms with E-state index in [1.54, 1.807) is 11.3 Å². The van der Waals surface area contributed by atoms with Crippen molar-refractivity contribution in [1.29, 1.82) is 0 Å². The Morgan fingerprint density at radius 3 is 3.06 bits per heavy atom. The molecule has 3 aromatic rings. The molecule has 2 N–H and O–H groups in total. The summed E-state index contributed by atoms with van der Waals surface area (Å²) >= 11 is 5.06. The third kappa shape index (κ3) is 2.08. The second-order valence-electron chi connectivity index (χ2n) is 3.76. The Labute approximate surface area is 110 Å². The first-order valence-corrected chi connectivity index (χ1v) is 6.81. The van der Waals surface area contributed by atoms with Crippen LogP contribution in [0.25, 0.3) is 11.1 Å². The summed E-state index contributed by atoms with van der Waals surface area (Å²) in [6.45, 7) is 0. The number of rotatable bonds is 2. The Hall–Kier alpha value is -1.33. The van der Waals surface area contributed by atoms with Gasteiger partial charge in [-0.1, -0.05) is 15.9 Å². The summed E-state index contributed by atoms with van der Waals surface area (Å²) in [5.74, 6) is 0.697. The molecule has 2 heterocycles. The van der Waals surface area contributed by atoms with Crippen LogP contribution in [-0.4, -0.2) is 4.98 Å². The summed E-state index contributed by atoms with van der Waals surface area (Å²) in [6.07, 6.45) is 0.704. The van der Waals surface area contributed by atoms with Crippen LogP contribution in [0.2, 0.25) is 0 Å². The van der Waals surface area contributed by atoms with Gasteiger partial charge in [-0.3, -0.25) is 0 Å². The molecule has 0 bridgehead atoms. The van der Waals surface area contributed by atoms with E-state index >= 15 is 0 Å². The summed E-state index contributed by atoms with van der Waals surface area (Å²) in [7, 11) is 0. The lowest BCUT2D eigenvalue weighted by Crippen LogP contribution is -1.84. The normalized spacial score (nSPS) is 11.1. The van der Waals surface area contributed by atoms with Gasteiger partial charge in [-0.25, -0.2) is 4.98 Å². The van der Waals surface area contributed by atoms with Crippen molar-refractivity contribution < 1.29 is 4.42 Å². The van der Waals surface area contributed by atoms with Gasteiger partial charge in [0, 0.05) is 4.47 Å². The molecular formula is C12H9BrN2OS. The molecule has 1 aromatic carbocycles. The minimum atomic E-state index is 0.610. The predicted molar refractivity (Wildman–Crippen MR) is 73.2 cm³/mol. The van der Waals surface area contributed by atoms with Crippen LogP contribution in [0.1, 0.15) is 11.5 Å². The molecule has 0 aliphatic carbocycles. The third-order valence-electron chi connectivity index (χ3n) is 2.46. The molecule has 0 radical (unpaired) electrons. The Kier molecular flexibility index (Phi) is 2.64. The zero-order valence-electron chi connectivity index (χ0n) is 8.81. The van der Waals surface area contributed by atoms with Gasteiger partial charge in [-0.05, 0) is 34.5 Å². The molecule has 5 heteroatoms. The zero-order chi connectivity index (χ0) is 11.8. The molecule has 0 spiro atoms. The van der Waals surface area contributed by atoms with Gasteiger partial charge >= 0.3 is 0 Å². The Morgan fingerprint density at radius 1 is 1.41 bits per heavy atom. The molecule has 3 nitrogen and oxygen atoms in total. The summed E-state index contributed by atoms with van der Waals surface area (Å²) in [5, 5.41) is 4.14. The lowest BCUT2D eigenvalue weighted by molar-refractivity contribution is 0.545. The van der Waals surface area contributed by atoms with Gasteiger partial charge in [0.2, 0.25) is 0 Å². The van der Waals surface area contributed by atoms with Crippen molar-refractivity contribution in [3.63, 3.8) is 0 Å². The van der Waals surface area contributed by atoms with E-state index < -0.39 is 0 Å². The molecule has 0 saturated carbocycles. The Morgan fingerprint density at radius 2 is 2.29 bits per heavy atom. The number of nitrogens with two attached hydrogens (primary N) is 1. The van der Waals surface area contributed by atoms with Gasteiger partial charge in [-0.15, -0.1) is 0 Å². The molecule has 0 aliphatic heterocycles. The monoisotopic (exact) mass is 308 g/mol. The summed E-state index contributed by atoms with van der Waals surface area (Å²) in [6, 6.07) is 5.80. The van der Waals surface area contributed by atoms with Crippen molar-refractivity contribution >= 4 is 44.1 Å². The lowest BCUT2D eigenvalue weighted by Gasteiger charge is -1.94. The van der Waals surface area contributed by atoms with Gasteiger partial charge in [0.25, 0.3) is 0 Å². The molecule has 0 aliphatic rings. The first-order chi connectivity index (χ1) is 8.22. The molecule has 0 fully saturated rings. The van der Waals surface area contributed by atoms with Crippen LogP contribution >= 0.6 is 27.3 Å². The highest BCUT2D eigenvalue weighted by Gasteiger charge is 2.10. The van der Waals surface area contributed by atoms with Crippen LogP contribution in [0.15, 0.2) is 37.8 Å². The van der Waals surface area contributed by atoms with Crippen molar-refractivity contribution in [3.05, 3.63) is 44.9 Å². The minimum absolute atomic E-state index is 0.610. The first kappa shape index (κ1) is 10.8. The fraction of sp³-hybridized carbons (Fsp3) is 0.0833. The molecule has 0 atom stereocenters. The third-order valence-corrected chi connectivity index (χ3v) is 3.65. The largest absolute Gasteiger partial charge is 0.438 e. The van der Waals surface area contributed by atoms with Gasteiger partial charge in [0.1, 0.15) is 5.52 Å². The second kappa shape index (κ2) is 4.16. The minimum Gasteiger partial charge on any atom is -0.438 e. The van der Waals surface area contributed by atoms with Crippen molar-refractivity contribution in [1.82, 2.24) is 4.98 Å². The van der Waals surface area contributed by atoms with Gasteiger partial charge < -0.3 is 10.2 Å². The maximum atomic E-state index is 5.88. The van der Waals surface area contributed by atoms with E-state index in [2.05, 4.69) is 32.4 Å². The molecule has 0 saturated heterocycles. The average Bonchev–Trinajstić information content (AvgIpc) is 2.87. The van der Waals surface area contributed by atoms with Crippen LogP contribution in [-0.2, 0) is 6.42 Å². The SMILES string of the molecule is Nc1cc(Br)cc2nc(Cc3ccsc3)oc12. The van der Waals surface area contributed by atoms with Crippen LogP contribution in [0, 0.1) is 0 Å². The number of hydrogen-bond acceptors (Lipinski definition) is 4. The molecule has 0 amide bonds. The van der Waals surface area contributed by atoms with Gasteiger partial charge in [0.05, 0.1) is 12.1 Å². The van der Waals surface area contributed by atoms with E-state index in [4.69, 9.17) is 10.2 Å². The molecular weight excluding hydrogens is 300 g/mol. The molecule has 2 aromatic heterocycles. The maximum absolute atomic E-state index is 5.88. The lowest BCUT2D eigenvalue weighted by atomic mass is 10.2. The van der Waals surface area contributed by atoms with E-state index in [0.717, 1.165) is 9.99 Å². The molecule has 0 unspecified atom stereocenters. The number of aromatic nitrogens is 1. The van der Waals surface area contributed by atoms with E-state index in [-0.39, 0.29) is 0 Å². The molecule has 17 heavy (non-hydrogen) atoms. The Bertz CT molecular complexity index is 661. The highest BCUT2D eigenvalue weighted by atomic mass is 79.9. The van der Waals surface area contributed by atoms with Crippen LogP contribution in [0.5, 0.6) is 0 Å². The molecule has 86 valence electrons. The highest BCUT2D eigenvalue weighted by Crippen LogP contribution is 2.27. The number of anilines is 1. The smallest absolute Gasteiger partial charge is 0.200 e. The summed E-state index contributed by atoms with van der Waals surface area (Å²) in [4.78, 5) is 4.44. The summed E-state index contributed by atoms with van der Waals surface area (Å²) < 4.78 is 6.59. The number of thiophene rings is 1. The fourth-order valence-corrected chi connectivity index (χ4v) is 2.84. The standard InChI is InChI=1S/C12H9BrN2OS/c13-8-4-9(14)12-10(5-8)15-11(16-12)3-7-1-2-17-6-7/h1-2,4-6H,3,14H2. The van der Waals surface area contributed by atoms with Crippen LogP contribution in [0.4, 0.5) is 5.69 Å². The summed E-state index contributed by atoms with van der Waals surface area (Å²) in [5.41, 5.74) is 9.16. The molecule has 3 rings (SSSR count). The number of halogens is 1.